The summed E-state index contributed by atoms with van der Waals surface area (Å²) >= 11 is 0. The highest BCUT2D eigenvalue weighted by molar-refractivity contribution is 4.47. The standard InChI is InChI=1S/C11H24O2/c1-4-5-6-7-8-9-13-11(12)10(2)3/h10-12H,4-9H2,1-3H3. The van der Waals surface area contributed by atoms with Crippen molar-refractivity contribution in [2.24, 2.45) is 5.92 Å². The van der Waals surface area contributed by atoms with Gasteiger partial charge < -0.3 is 9.84 Å². The summed E-state index contributed by atoms with van der Waals surface area (Å²) < 4.78 is 5.24. The smallest absolute Gasteiger partial charge is 0.156 e. The second kappa shape index (κ2) is 8.52. The molecule has 0 saturated heterocycles. The minimum Gasteiger partial charge on any atom is -0.368 e. The van der Waals surface area contributed by atoms with E-state index in [-0.39, 0.29) is 5.92 Å². The van der Waals surface area contributed by atoms with Crippen molar-refractivity contribution in [3.05, 3.63) is 0 Å². The van der Waals surface area contributed by atoms with Crippen molar-refractivity contribution >= 4 is 0 Å². The maximum Gasteiger partial charge on any atom is 0.156 e. The van der Waals surface area contributed by atoms with Gasteiger partial charge in [-0.3, -0.25) is 0 Å². The van der Waals surface area contributed by atoms with Gasteiger partial charge in [0.25, 0.3) is 0 Å². The molecule has 2 heteroatoms. The summed E-state index contributed by atoms with van der Waals surface area (Å²) in [5.41, 5.74) is 0. The van der Waals surface area contributed by atoms with Gasteiger partial charge in [0.05, 0.1) is 0 Å². The summed E-state index contributed by atoms with van der Waals surface area (Å²) in [6.45, 7) is 6.82. The van der Waals surface area contributed by atoms with Gasteiger partial charge in [-0.15, -0.1) is 0 Å². The summed E-state index contributed by atoms with van der Waals surface area (Å²) in [6.07, 6.45) is 5.59. The molecule has 1 atom stereocenters. The molecule has 0 rings (SSSR count). The van der Waals surface area contributed by atoms with Crippen molar-refractivity contribution < 1.29 is 9.84 Å². The van der Waals surface area contributed by atoms with E-state index in [1.165, 1.54) is 25.7 Å². The van der Waals surface area contributed by atoms with Crippen LogP contribution in [0.15, 0.2) is 0 Å². The average Bonchev–Trinajstić information content (AvgIpc) is 2.10. The molecule has 0 aliphatic carbocycles. The Morgan fingerprint density at radius 2 is 1.69 bits per heavy atom. The normalized spacial score (nSPS) is 13.6. The highest BCUT2D eigenvalue weighted by Gasteiger charge is 2.07. The van der Waals surface area contributed by atoms with Crippen LogP contribution in [0, 0.1) is 5.92 Å². The lowest BCUT2D eigenvalue weighted by atomic mass is 10.2. The van der Waals surface area contributed by atoms with Crippen LogP contribution < -0.4 is 0 Å². The molecular weight excluding hydrogens is 164 g/mol. The molecule has 0 aromatic heterocycles. The van der Waals surface area contributed by atoms with Gasteiger partial charge in [-0.2, -0.15) is 0 Å². The first kappa shape index (κ1) is 12.9. The molecule has 13 heavy (non-hydrogen) atoms. The Morgan fingerprint density at radius 3 is 2.23 bits per heavy atom. The zero-order valence-corrected chi connectivity index (χ0v) is 9.25. The Hall–Kier alpha value is -0.0800. The summed E-state index contributed by atoms with van der Waals surface area (Å²) in [6, 6.07) is 0. The summed E-state index contributed by atoms with van der Waals surface area (Å²) in [7, 11) is 0. The maximum absolute atomic E-state index is 9.31. The van der Waals surface area contributed by atoms with Gasteiger partial charge in [0, 0.05) is 12.5 Å². The minimum absolute atomic E-state index is 0.204. The Kier molecular flexibility index (Phi) is 8.46. The molecule has 0 aromatic carbocycles. The zero-order chi connectivity index (χ0) is 10.1. The van der Waals surface area contributed by atoms with Crippen LogP contribution in [0.4, 0.5) is 0 Å². The Bertz CT molecular complexity index is 102. The fraction of sp³-hybridized carbons (Fsp3) is 1.00. The largest absolute Gasteiger partial charge is 0.368 e. The molecule has 2 nitrogen and oxygen atoms in total. The second-order valence-electron chi connectivity index (χ2n) is 3.92. The molecule has 0 saturated carbocycles. The van der Waals surface area contributed by atoms with E-state index in [2.05, 4.69) is 6.92 Å². The van der Waals surface area contributed by atoms with E-state index in [0.717, 1.165) is 6.42 Å². The van der Waals surface area contributed by atoms with Crippen molar-refractivity contribution in [2.45, 2.75) is 59.2 Å². The molecule has 0 radical (unpaired) electrons. The van der Waals surface area contributed by atoms with Crippen LogP contribution in [0.5, 0.6) is 0 Å². The molecule has 80 valence electrons. The lowest BCUT2D eigenvalue weighted by molar-refractivity contribution is -0.126. The van der Waals surface area contributed by atoms with Gasteiger partial charge >= 0.3 is 0 Å². The molecule has 0 fully saturated rings. The van der Waals surface area contributed by atoms with E-state index in [9.17, 15) is 5.11 Å². The third-order valence-electron chi connectivity index (χ3n) is 2.11. The van der Waals surface area contributed by atoms with Gasteiger partial charge in [-0.25, -0.2) is 0 Å². The summed E-state index contributed by atoms with van der Waals surface area (Å²) in [5.74, 6) is 0.204. The molecule has 1 N–H and O–H groups in total. The van der Waals surface area contributed by atoms with E-state index in [0.29, 0.717) is 6.61 Å². The summed E-state index contributed by atoms with van der Waals surface area (Å²) in [4.78, 5) is 0. The fourth-order valence-corrected chi connectivity index (χ4v) is 1.10. The van der Waals surface area contributed by atoms with E-state index < -0.39 is 6.29 Å². The number of rotatable bonds is 8. The van der Waals surface area contributed by atoms with Gasteiger partial charge in [0.15, 0.2) is 6.29 Å². The average molecular weight is 188 g/mol. The number of hydrogen-bond donors (Lipinski definition) is 1. The van der Waals surface area contributed by atoms with Gasteiger partial charge in [-0.05, 0) is 6.42 Å². The van der Waals surface area contributed by atoms with Crippen LogP contribution in [0.25, 0.3) is 0 Å². The predicted octanol–water partition coefficient (Wildman–Crippen LogP) is 2.95. The number of ether oxygens (including phenoxy) is 1. The monoisotopic (exact) mass is 188 g/mol. The van der Waals surface area contributed by atoms with Crippen LogP contribution in [-0.2, 0) is 4.74 Å². The van der Waals surface area contributed by atoms with E-state index in [1.54, 1.807) is 0 Å². The van der Waals surface area contributed by atoms with E-state index in [4.69, 9.17) is 4.74 Å². The van der Waals surface area contributed by atoms with Crippen LogP contribution in [0.1, 0.15) is 52.9 Å². The van der Waals surface area contributed by atoms with Gasteiger partial charge in [0.2, 0.25) is 0 Å². The molecule has 1 unspecified atom stereocenters. The number of hydrogen-bond acceptors (Lipinski definition) is 2. The molecule has 0 bridgehead atoms. The van der Waals surface area contributed by atoms with Crippen LogP contribution in [0.3, 0.4) is 0 Å². The number of aliphatic hydroxyl groups is 1. The lowest BCUT2D eigenvalue weighted by Crippen LogP contribution is -2.19. The molecule has 0 aromatic rings. The number of aliphatic hydroxyl groups excluding tert-OH is 1. The Morgan fingerprint density at radius 1 is 1.08 bits per heavy atom. The van der Waals surface area contributed by atoms with Crippen molar-refractivity contribution in [3.63, 3.8) is 0 Å². The van der Waals surface area contributed by atoms with Crippen molar-refractivity contribution in [3.8, 4) is 0 Å². The van der Waals surface area contributed by atoms with Crippen molar-refractivity contribution in [1.82, 2.24) is 0 Å². The predicted molar refractivity (Wildman–Crippen MR) is 55.6 cm³/mol. The first-order chi connectivity index (χ1) is 6.18. The topological polar surface area (TPSA) is 29.5 Å². The van der Waals surface area contributed by atoms with Crippen LogP contribution in [-0.4, -0.2) is 18.0 Å². The highest BCUT2D eigenvalue weighted by atomic mass is 16.6. The van der Waals surface area contributed by atoms with E-state index in [1.807, 2.05) is 13.8 Å². The molecule has 0 heterocycles. The maximum atomic E-state index is 9.31. The molecule has 0 aliphatic rings. The third-order valence-corrected chi connectivity index (χ3v) is 2.11. The van der Waals surface area contributed by atoms with Crippen molar-refractivity contribution in [1.29, 1.82) is 0 Å². The van der Waals surface area contributed by atoms with Gasteiger partial charge in [-0.1, -0.05) is 46.5 Å². The first-order valence-electron chi connectivity index (χ1n) is 5.48. The minimum atomic E-state index is -0.578. The molecule has 0 amide bonds. The Labute approximate surface area is 82.3 Å². The second-order valence-corrected chi connectivity index (χ2v) is 3.92. The molecule has 0 aliphatic heterocycles. The zero-order valence-electron chi connectivity index (χ0n) is 9.25. The molecule has 0 spiro atoms. The van der Waals surface area contributed by atoms with E-state index >= 15 is 0 Å². The molecular formula is C11H24O2. The highest BCUT2D eigenvalue weighted by Crippen LogP contribution is 2.06. The number of unbranched alkanes of at least 4 members (excludes halogenated alkanes) is 4. The van der Waals surface area contributed by atoms with Gasteiger partial charge in [0.1, 0.15) is 0 Å². The lowest BCUT2D eigenvalue weighted by Gasteiger charge is -2.14. The third kappa shape index (κ3) is 8.26. The quantitative estimate of drug-likeness (QED) is 0.469. The van der Waals surface area contributed by atoms with Crippen molar-refractivity contribution in [2.75, 3.05) is 6.61 Å². The van der Waals surface area contributed by atoms with Crippen LogP contribution in [0.2, 0.25) is 0 Å². The SMILES string of the molecule is CCCCCCCOC(O)C(C)C. The van der Waals surface area contributed by atoms with Crippen LogP contribution >= 0.6 is 0 Å². The first-order valence-corrected chi connectivity index (χ1v) is 5.48. The Balaban J connectivity index is 3.07. The summed E-state index contributed by atoms with van der Waals surface area (Å²) in [5, 5.41) is 9.31. The fourth-order valence-electron chi connectivity index (χ4n) is 1.10.